The van der Waals surface area contributed by atoms with E-state index >= 15 is 0 Å². The lowest BCUT2D eigenvalue weighted by atomic mass is 9.87. The number of rotatable bonds is 5. The molecule has 0 bridgehead atoms. The van der Waals surface area contributed by atoms with Gasteiger partial charge in [0, 0.05) is 6.54 Å². The molecule has 0 radical (unpaired) electrons. The van der Waals surface area contributed by atoms with Gasteiger partial charge in [0.15, 0.2) is 6.61 Å². The summed E-state index contributed by atoms with van der Waals surface area (Å²) in [5, 5.41) is 2.99. The number of hydrogen-bond acceptors (Lipinski definition) is 2. The molecule has 0 aromatic heterocycles. The van der Waals surface area contributed by atoms with Crippen molar-refractivity contribution in [2.24, 2.45) is 5.92 Å². The molecule has 1 saturated carbocycles. The van der Waals surface area contributed by atoms with Crippen molar-refractivity contribution >= 4 is 5.91 Å². The lowest BCUT2D eigenvalue weighted by Crippen LogP contribution is -2.33. The molecular formula is C19H29NO2. The van der Waals surface area contributed by atoms with Crippen LogP contribution < -0.4 is 10.1 Å². The Bertz CT molecular complexity index is 467. The van der Waals surface area contributed by atoms with Gasteiger partial charge < -0.3 is 10.1 Å². The molecule has 0 heterocycles. The van der Waals surface area contributed by atoms with Crippen LogP contribution in [0.15, 0.2) is 24.3 Å². The van der Waals surface area contributed by atoms with E-state index < -0.39 is 0 Å². The third-order valence-corrected chi connectivity index (χ3v) is 4.40. The zero-order valence-electron chi connectivity index (χ0n) is 14.2. The lowest BCUT2D eigenvalue weighted by molar-refractivity contribution is -0.123. The van der Waals surface area contributed by atoms with Gasteiger partial charge in [-0.15, -0.1) is 0 Å². The lowest BCUT2D eigenvalue weighted by Gasteiger charge is -2.21. The average molecular weight is 303 g/mol. The van der Waals surface area contributed by atoms with Gasteiger partial charge in [0.2, 0.25) is 0 Å². The van der Waals surface area contributed by atoms with Gasteiger partial charge >= 0.3 is 0 Å². The Hall–Kier alpha value is -1.51. The molecule has 0 saturated heterocycles. The van der Waals surface area contributed by atoms with Gasteiger partial charge in [0.05, 0.1) is 0 Å². The summed E-state index contributed by atoms with van der Waals surface area (Å²) < 4.78 is 5.56. The molecule has 1 aliphatic carbocycles. The van der Waals surface area contributed by atoms with E-state index in [0.717, 1.165) is 12.3 Å². The van der Waals surface area contributed by atoms with Crippen LogP contribution in [-0.2, 0) is 10.2 Å². The maximum atomic E-state index is 11.8. The highest BCUT2D eigenvalue weighted by Gasteiger charge is 2.15. The summed E-state index contributed by atoms with van der Waals surface area (Å²) in [4.78, 5) is 11.8. The van der Waals surface area contributed by atoms with Gasteiger partial charge in [-0.2, -0.15) is 0 Å². The van der Waals surface area contributed by atoms with Gasteiger partial charge in [-0.1, -0.05) is 52.2 Å². The molecule has 1 aliphatic rings. The molecule has 0 spiro atoms. The molecule has 0 atom stereocenters. The predicted octanol–water partition coefficient (Wildman–Crippen LogP) is 4.06. The largest absolute Gasteiger partial charge is 0.484 e. The molecule has 22 heavy (non-hydrogen) atoms. The standard InChI is InChI=1S/C19H29NO2/c1-19(2,3)16-9-11-17(12-10-16)22-14-18(21)20-13-15-7-5-4-6-8-15/h9-12,15H,4-8,13-14H2,1-3H3,(H,20,21). The van der Waals surface area contributed by atoms with E-state index in [1.54, 1.807) is 0 Å². The van der Waals surface area contributed by atoms with Gasteiger partial charge in [-0.05, 0) is 41.9 Å². The van der Waals surface area contributed by atoms with Crippen molar-refractivity contribution in [1.82, 2.24) is 5.32 Å². The van der Waals surface area contributed by atoms with Crippen LogP contribution in [0, 0.1) is 5.92 Å². The second kappa shape index (κ2) is 7.66. The molecular weight excluding hydrogens is 274 g/mol. The van der Waals surface area contributed by atoms with E-state index in [1.807, 2.05) is 12.1 Å². The van der Waals surface area contributed by atoms with Gasteiger partial charge in [-0.25, -0.2) is 0 Å². The summed E-state index contributed by atoms with van der Waals surface area (Å²) >= 11 is 0. The molecule has 3 nitrogen and oxygen atoms in total. The molecule has 1 aromatic carbocycles. The first kappa shape index (κ1) is 16.9. The summed E-state index contributed by atoms with van der Waals surface area (Å²) in [5.41, 5.74) is 1.40. The second-order valence-corrected chi connectivity index (χ2v) is 7.37. The Labute approximate surface area is 134 Å². The van der Waals surface area contributed by atoms with E-state index in [4.69, 9.17) is 4.74 Å². The minimum Gasteiger partial charge on any atom is -0.484 e. The topological polar surface area (TPSA) is 38.3 Å². The Morgan fingerprint density at radius 3 is 2.36 bits per heavy atom. The van der Waals surface area contributed by atoms with Crippen molar-refractivity contribution in [2.75, 3.05) is 13.2 Å². The Kier molecular flexibility index (Phi) is 5.87. The van der Waals surface area contributed by atoms with Crippen LogP contribution in [0.4, 0.5) is 0 Å². The summed E-state index contributed by atoms with van der Waals surface area (Å²) in [5.74, 6) is 1.38. The molecule has 1 fully saturated rings. The number of benzene rings is 1. The number of hydrogen-bond donors (Lipinski definition) is 1. The van der Waals surface area contributed by atoms with E-state index in [-0.39, 0.29) is 17.9 Å². The Balaban J connectivity index is 1.71. The summed E-state index contributed by atoms with van der Waals surface area (Å²) in [6, 6.07) is 8.01. The first-order chi connectivity index (χ1) is 10.4. The fourth-order valence-electron chi connectivity index (χ4n) is 2.90. The third-order valence-electron chi connectivity index (χ3n) is 4.40. The first-order valence-corrected chi connectivity index (χ1v) is 8.45. The highest BCUT2D eigenvalue weighted by molar-refractivity contribution is 5.77. The predicted molar refractivity (Wildman–Crippen MR) is 90.2 cm³/mol. The van der Waals surface area contributed by atoms with Crippen LogP contribution in [0.1, 0.15) is 58.4 Å². The van der Waals surface area contributed by atoms with Gasteiger partial charge in [-0.3, -0.25) is 4.79 Å². The van der Waals surface area contributed by atoms with Crippen LogP contribution in [0.5, 0.6) is 5.75 Å². The van der Waals surface area contributed by atoms with Crippen molar-refractivity contribution in [3.63, 3.8) is 0 Å². The maximum Gasteiger partial charge on any atom is 0.257 e. The van der Waals surface area contributed by atoms with Crippen LogP contribution in [-0.4, -0.2) is 19.1 Å². The monoisotopic (exact) mass is 303 g/mol. The van der Waals surface area contributed by atoms with Crippen molar-refractivity contribution in [2.45, 2.75) is 58.3 Å². The number of ether oxygens (including phenoxy) is 1. The minimum absolute atomic E-state index is 0.0227. The number of amides is 1. The minimum atomic E-state index is -0.0227. The quantitative estimate of drug-likeness (QED) is 0.891. The molecule has 1 amide bonds. The number of carbonyl (C=O) groups is 1. The molecule has 3 heteroatoms. The van der Waals surface area contributed by atoms with Crippen molar-refractivity contribution in [3.8, 4) is 5.75 Å². The van der Waals surface area contributed by atoms with Crippen LogP contribution >= 0.6 is 0 Å². The Morgan fingerprint density at radius 2 is 1.77 bits per heavy atom. The summed E-state index contributed by atoms with van der Waals surface area (Å²) in [6.07, 6.45) is 6.44. The van der Waals surface area contributed by atoms with Crippen molar-refractivity contribution in [3.05, 3.63) is 29.8 Å². The highest BCUT2D eigenvalue weighted by Crippen LogP contribution is 2.24. The molecule has 1 N–H and O–H groups in total. The van der Waals surface area contributed by atoms with Crippen molar-refractivity contribution < 1.29 is 9.53 Å². The fraction of sp³-hybridized carbons (Fsp3) is 0.632. The smallest absolute Gasteiger partial charge is 0.257 e. The second-order valence-electron chi connectivity index (χ2n) is 7.37. The van der Waals surface area contributed by atoms with Gasteiger partial charge in [0.25, 0.3) is 5.91 Å². The first-order valence-electron chi connectivity index (χ1n) is 8.45. The number of carbonyl (C=O) groups excluding carboxylic acids is 1. The molecule has 122 valence electrons. The normalized spacial score (nSPS) is 16.3. The molecule has 0 unspecified atom stereocenters. The van der Waals surface area contributed by atoms with Crippen molar-refractivity contribution in [1.29, 1.82) is 0 Å². The Morgan fingerprint density at radius 1 is 1.14 bits per heavy atom. The van der Waals surface area contributed by atoms with Crippen LogP contribution in [0.2, 0.25) is 0 Å². The molecule has 1 aromatic rings. The van der Waals surface area contributed by atoms with Crippen LogP contribution in [0.3, 0.4) is 0 Å². The number of nitrogens with one attached hydrogen (secondary N) is 1. The van der Waals surface area contributed by atoms with E-state index in [9.17, 15) is 4.79 Å². The average Bonchev–Trinajstić information content (AvgIpc) is 2.51. The third kappa shape index (κ3) is 5.36. The van der Waals surface area contributed by atoms with Crippen LogP contribution in [0.25, 0.3) is 0 Å². The summed E-state index contributed by atoms with van der Waals surface area (Å²) in [6.45, 7) is 7.44. The highest BCUT2D eigenvalue weighted by atomic mass is 16.5. The zero-order chi connectivity index (χ0) is 16.0. The fourth-order valence-corrected chi connectivity index (χ4v) is 2.90. The molecule has 2 rings (SSSR count). The van der Waals surface area contributed by atoms with E-state index in [1.165, 1.54) is 37.7 Å². The SMILES string of the molecule is CC(C)(C)c1ccc(OCC(=O)NCC2CCCCC2)cc1. The van der Waals surface area contributed by atoms with Gasteiger partial charge in [0.1, 0.15) is 5.75 Å². The molecule has 0 aliphatic heterocycles. The zero-order valence-corrected chi connectivity index (χ0v) is 14.2. The van der Waals surface area contributed by atoms with E-state index in [2.05, 4.69) is 38.2 Å². The summed E-state index contributed by atoms with van der Waals surface area (Å²) in [7, 11) is 0. The van der Waals surface area contributed by atoms with E-state index in [0.29, 0.717) is 5.92 Å². The maximum absolute atomic E-state index is 11.8.